The van der Waals surface area contributed by atoms with Crippen molar-refractivity contribution in [1.29, 1.82) is 0 Å². The molecule has 0 aliphatic heterocycles. The fourth-order valence-electron chi connectivity index (χ4n) is 2.76. The molecule has 0 spiro atoms. The SMILES string of the molecule is Cc1cc(Br)ccc1NC(=O)c1cccn(Cc2cccc([N+](=O)[O-])c2)c1=O. The molecule has 0 aliphatic carbocycles. The zero-order valence-corrected chi connectivity index (χ0v) is 16.5. The number of hydrogen-bond donors (Lipinski definition) is 1. The van der Waals surface area contributed by atoms with Crippen LogP contribution in [-0.4, -0.2) is 15.4 Å². The predicted octanol–water partition coefficient (Wildman–Crippen LogP) is 4.13. The minimum atomic E-state index is -0.510. The maximum Gasteiger partial charge on any atom is 0.269 e. The number of halogens is 1. The maximum absolute atomic E-state index is 12.7. The molecule has 0 atom stereocenters. The molecule has 28 heavy (non-hydrogen) atoms. The first-order valence-electron chi connectivity index (χ1n) is 8.35. The van der Waals surface area contributed by atoms with Crippen molar-refractivity contribution in [3.63, 3.8) is 0 Å². The molecule has 0 saturated carbocycles. The van der Waals surface area contributed by atoms with Crippen molar-refractivity contribution in [1.82, 2.24) is 4.57 Å². The molecule has 1 aromatic heterocycles. The van der Waals surface area contributed by atoms with Gasteiger partial charge in [-0.15, -0.1) is 0 Å². The molecule has 0 saturated heterocycles. The maximum atomic E-state index is 12.7. The number of pyridine rings is 1. The number of aryl methyl sites for hydroxylation is 1. The smallest absolute Gasteiger partial charge is 0.269 e. The summed E-state index contributed by atoms with van der Waals surface area (Å²) in [6.45, 7) is 1.98. The van der Waals surface area contributed by atoms with E-state index in [0.29, 0.717) is 11.3 Å². The molecule has 1 N–H and O–H groups in total. The van der Waals surface area contributed by atoms with Gasteiger partial charge in [0.2, 0.25) is 0 Å². The van der Waals surface area contributed by atoms with Crippen molar-refractivity contribution in [2.75, 3.05) is 5.32 Å². The van der Waals surface area contributed by atoms with Crippen LogP contribution in [0.1, 0.15) is 21.5 Å². The van der Waals surface area contributed by atoms with Crippen LogP contribution < -0.4 is 10.9 Å². The van der Waals surface area contributed by atoms with E-state index in [1.807, 2.05) is 13.0 Å². The molecule has 0 unspecified atom stereocenters. The third-order valence-corrected chi connectivity index (χ3v) is 4.67. The van der Waals surface area contributed by atoms with E-state index in [1.165, 1.54) is 22.8 Å². The van der Waals surface area contributed by atoms with Crippen LogP contribution in [0.2, 0.25) is 0 Å². The van der Waals surface area contributed by atoms with Crippen molar-refractivity contribution in [2.24, 2.45) is 0 Å². The van der Waals surface area contributed by atoms with Gasteiger partial charge < -0.3 is 9.88 Å². The summed E-state index contributed by atoms with van der Waals surface area (Å²) in [6, 6.07) is 14.5. The van der Waals surface area contributed by atoms with Crippen LogP contribution in [0.25, 0.3) is 0 Å². The molecule has 7 nitrogen and oxygen atoms in total. The lowest BCUT2D eigenvalue weighted by Crippen LogP contribution is -2.29. The summed E-state index contributed by atoms with van der Waals surface area (Å²) in [5.41, 5.74) is 1.54. The lowest BCUT2D eigenvalue weighted by Gasteiger charge is -2.11. The number of benzene rings is 2. The van der Waals surface area contributed by atoms with Crippen LogP contribution >= 0.6 is 15.9 Å². The van der Waals surface area contributed by atoms with E-state index in [0.717, 1.165) is 10.0 Å². The summed E-state index contributed by atoms with van der Waals surface area (Å²) in [5, 5.41) is 13.7. The Morgan fingerprint density at radius 3 is 2.68 bits per heavy atom. The van der Waals surface area contributed by atoms with Crippen molar-refractivity contribution in [3.05, 3.63) is 102 Å². The van der Waals surface area contributed by atoms with E-state index in [9.17, 15) is 19.7 Å². The molecule has 2 aromatic carbocycles. The molecule has 0 fully saturated rings. The molecule has 1 heterocycles. The van der Waals surface area contributed by atoms with Gasteiger partial charge in [-0.2, -0.15) is 0 Å². The summed E-state index contributed by atoms with van der Waals surface area (Å²) in [6.07, 6.45) is 1.54. The standard InChI is InChI=1S/C20H16BrN3O4/c1-13-10-15(21)7-8-18(13)22-19(25)17-6-3-9-23(20(17)26)12-14-4-2-5-16(11-14)24(27)28/h2-11H,12H2,1H3,(H,22,25). The number of carbonyl (C=O) groups excluding carboxylic acids is 1. The highest BCUT2D eigenvalue weighted by Gasteiger charge is 2.14. The van der Waals surface area contributed by atoms with E-state index >= 15 is 0 Å². The average molecular weight is 442 g/mol. The van der Waals surface area contributed by atoms with Gasteiger partial charge in [0.15, 0.2) is 0 Å². The van der Waals surface area contributed by atoms with Crippen LogP contribution in [0, 0.1) is 17.0 Å². The van der Waals surface area contributed by atoms with Gasteiger partial charge in [-0.1, -0.05) is 28.1 Å². The number of nitrogens with zero attached hydrogens (tertiary/aromatic N) is 2. The molecular weight excluding hydrogens is 426 g/mol. The first kappa shape index (κ1) is 19.5. The minimum Gasteiger partial charge on any atom is -0.322 e. The number of anilines is 1. The van der Waals surface area contributed by atoms with Crippen LogP contribution in [0.4, 0.5) is 11.4 Å². The Labute approximate surface area is 168 Å². The average Bonchev–Trinajstić information content (AvgIpc) is 2.66. The van der Waals surface area contributed by atoms with Crippen LogP contribution in [0.15, 0.2) is 70.1 Å². The quantitative estimate of drug-likeness (QED) is 0.475. The summed E-state index contributed by atoms with van der Waals surface area (Å²) in [4.78, 5) is 35.7. The zero-order valence-electron chi connectivity index (χ0n) is 14.9. The van der Waals surface area contributed by atoms with Crippen molar-refractivity contribution >= 4 is 33.2 Å². The van der Waals surface area contributed by atoms with Gasteiger partial charge in [0, 0.05) is 28.5 Å². The van der Waals surface area contributed by atoms with Gasteiger partial charge in [-0.25, -0.2) is 0 Å². The molecule has 0 bridgehead atoms. The Balaban J connectivity index is 1.86. The molecule has 8 heteroatoms. The Kier molecular flexibility index (Phi) is 5.70. The fourth-order valence-corrected chi connectivity index (χ4v) is 3.23. The number of nitrogens with one attached hydrogen (secondary N) is 1. The highest BCUT2D eigenvalue weighted by molar-refractivity contribution is 9.10. The fraction of sp³-hybridized carbons (Fsp3) is 0.100. The number of nitro benzene ring substituents is 1. The Morgan fingerprint density at radius 2 is 1.96 bits per heavy atom. The second-order valence-electron chi connectivity index (χ2n) is 6.20. The van der Waals surface area contributed by atoms with Crippen LogP contribution in [0.5, 0.6) is 0 Å². The number of nitro groups is 1. The first-order chi connectivity index (χ1) is 13.3. The molecule has 142 valence electrons. The lowest BCUT2D eigenvalue weighted by molar-refractivity contribution is -0.384. The lowest BCUT2D eigenvalue weighted by atomic mass is 10.1. The van der Waals surface area contributed by atoms with Crippen molar-refractivity contribution in [3.8, 4) is 0 Å². The number of rotatable bonds is 5. The van der Waals surface area contributed by atoms with Gasteiger partial charge in [0.1, 0.15) is 5.56 Å². The second-order valence-corrected chi connectivity index (χ2v) is 7.11. The largest absolute Gasteiger partial charge is 0.322 e. The number of carbonyl (C=O) groups is 1. The molecule has 0 aliphatic rings. The normalized spacial score (nSPS) is 10.5. The van der Waals surface area contributed by atoms with E-state index in [-0.39, 0.29) is 17.8 Å². The molecule has 3 rings (SSSR count). The second kappa shape index (κ2) is 8.18. The van der Waals surface area contributed by atoms with Gasteiger partial charge in [0.05, 0.1) is 11.5 Å². The predicted molar refractivity (Wildman–Crippen MR) is 110 cm³/mol. The minimum absolute atomic E-state index is 0.00440. The van der Waals surface area contributed by atoms with Gasteiger partial charge >= 0.3 is 0 Å². The van der Waals surface area contributed by atoms with Gasteiger partial charge in [-0.05, 0) is 48.4 Å². The number of aromatic nitrogens is 1. The Morgan fingerprint density at radius 1 is 1.18 bits per heavy atom. The van der Waals surface area contributed by atoms with E-state index < -0.39 is 16.4 Å². The van der Waals surface area contributed by atoms with E-state index in [1.54, 1.807) is 36.5 Å². The highest BCUT2D eigenvalue weighted by atomic mass is 79.9. The summed E-state index contributed by atoms with van der Waals surface area (Å²) < 4.78 is 2.24. The number of amides is 1. The van der Waals surface area contributed by atoms with E-state index in [2.05, 4.69) is 21.2 Å². The zero-order chi connectivity index (χ0) is 20.3. The van der Waals surface area contributed by atoms with E-state index in [4.69, 9.17) is 0 Å². The summed E-state index contributed by atoms with van der Waals surface area (Å²) >= 11 is 3.37. The first-order valence-corrected chi connectivity index (χ1v) is 9.15. The Bertz CT molecular complexity index is 1120. The molecular formula is C20H16BrN3O4. The number of non-ortho nitro benzene ring substituents is 1. The number of hydrogen-bond acceptors (Lipinski definition) is 4. The van der Waals surface area contributed by atoms with Crippen molar-refractivity contribution in [2.45, 2.75) is 13.5 Å². The summed E-state index contributed by atoms with van der Waals surface area (Å²) in [5.74, 6) is -0.510. The molecule has 1 amide bonds. The monoisotopic (exact) mass is 441 g/mol. The van der Waals surface area contributed by atoms with Gasteiger partial charge in [0.25, 0.3) is 17.2 Å². The molecule has 3 aromatic rings. The van der Waals surface area contributed by atoms with Gasteiger partial charge in [-0.3, -0.25) is 19.7 Å². The highest BCUT2D eigenvalue weighted by Crippen LogP contribution is 2.20. The van der Waals surface area contributed by atoms with Crippen LogP contribution in [0.3, 0.4) is 0 Å². The topological polar surface area (TPSA) is 94.2 Å². The Hall–Kier alpha value is -3.26. The molecule has 0 radical (unpaired) electrons. The van der Waals surface area contributed by atoms with Crippen molar-refractivity contribution < 1.29 is 9.72 Å². The third kappa shape index (κ3) is 4.34. The summed E-state index contributed by atoms with van der Waals surface area (Å²) in [7, 11) is 0. The third-order valence-electron chi connectivity index (χ3n) is 4.18. The van der Waals surface area contributed by atoms with Crippen LogP contribution in [-0.2, 0) is 6.54 Å².